The van der Waals surface area contributed by atoms with Crippen molar-refractivity contribution < 1.29 is 4.79 Å². The summed E-state index contributed by atoms with van der Waals surface area (Å²) in [6, 6.07) is 12.1. The van der Waals surface area contributed by atoms with Gasteiger partial charge in [0.1, 0.15) is 0 Å². The lowest BCUT2D eigenvalue weighted by molar-refractivity contribution is 0.101. The fourth-order valence-corrected chi connectivity index (χ4v) is 1.92. The number of carbonyl (C=O) groups is 1. The van der Waals surface area contributed by atoms with Crippen LogP contribution in [0.25, 0.3) is 11.3 Å². The highest BCUT2D eigenvalue weighted by molar-refractivity contribution is 5.93. The predicted molar refractivity (Wildman–Crippen MR) is 78.4 cm³/mol. The molecule has 1 aromatic carbocycles. The molecule has 0 aliphatic rings. The summed E-state index contributed by atoms with van der Waals surface area (Å²) in [5.74, 6) is 0.0440. The Balaban J connectivity index is 2.39. The first-order valence-electron chi connectivity index (χ1n) is 6.46. The fourth-order valence-electron chi connectivity index (χ4n) is 1.92. The first-order chi connectivity index (χ1) is 8.88. The molecule has 0 saturated heterocycles. The van der Waals surface area contributed by atoms with Gasteiger partial charge in [0.05, 0.1) is 5.69 Å². The van der Waals surface area contributed by atoms with E-state index < -0.39 is 0 Å². The van der Waals surface area contributed by atoms with E-state index in [1.165, 1.54) is 5.56 Å². The van der Waals surface area contributed by atoms with Crippen molar-refractivity contribution in [2.75, 3.05) is 0 Å². The molecule has 0 aliphatic carbocycles. The van der Waals surface area contributed by atoms with Crippen molar-refractivity contribution in [2.24, 2.45) is 0 Å². The third-order valence-electron chi connectivity index (χ3n) is 3.19. The number of hydrogen-bond donors (Lipinski definition) is 0. The van der Waals surface area contributed by atoms with Gasteiger partial charge in [-0.3, -0.25) is 9.78 Å². The first-order valence-corrected chi connectivity index (χ1v) is 6.46. The van der Waals surface area contributed by atoms with Crippen molar-refractivity contribution in [3.05, 3.63) is 53.7 Å². The molecule has 2 rings (SSSR count). The zero-order valence-corrected chi connectivity index (χ0v) is 11.9. The summed E-state index contributed by atoms with van der Waals surface area (Å²) in [5.41, 5.74) is 4.03. The van der Waals surface area contributed by atoms with E-state index in [9.17, 15) is 4.79 Å². The summed E-state index contributed by atoms with van der Waals surface area (Å²) in [7, 11) is 0. The van der Waals surface area contributed by atoms with E-state index in [2.05, 4.69) is 44.0 Å². The Morgan fingerprint density at radius 2 is 1.84 bits per heavy atom. The highest BCUT2D eigenvalue weighted by atomic mass is 16.1. The first kappa shape index (κ1) is 13.5. The van der Waals surface area contributed by atoms with Crippen LogP contribution in [0.15, 0.2) is 42.6 Å². The van der Waals surface area contributed by atoms with Crippen LogP contribution in [-0.4, -0.2) is 10.8 Å². The van der Waals surface area contributed by atoms with Crippen molar-refractivity contribution >= 4 is 5.78 Å². The van der Waals surface area contributed by atoms with Gasteiger partial charge in [0.2, 0.25) is 0 Å². The minimum atomic E-state index is 0.0440. The highest BCUT2D eigenvalue weighted by Crippen LogP contribution is 2.26. The van der Waals surface area contributed by atoms with Crippen LogP contribution in [0.1, 0.15) is 43.6 Å². The van der Waals surface area contributed by atoms with E-state index in [0.29, 0.717) is 5.56 Å². The van der Waals surface area contributed by atoms with E-state index in [1.54, 1.807) is 13.1 Å². The van der Waals surface area contributed by atoms with Gasteiger partial charge in [-0.1, -0.05) is 39.0 Å². The Morgan fingerprint density at radius 3 is 2.37 bits per heavy atom. The van der Waals surface area contributed by atoms with Crippen LogP contribution in [0.3, 0.4) is 0 Å². The highest BCUT2D eigenvalue weighted by Gasteiger charge is 2.14. The van der Waals surface area contributed by atoms with Crippen LogP contribution in [0.4, 0.5) is 0 Å². The maximum Gasteiger partial charge on any atom is 0.161 e. The van der Waals surface area contributed by atoms with E-state index in [1.807, 2.05) is 18.2 Å². The molecule has 2 aromatic rings. The molecule has 0 radical (unpaired) electrons. The summed E-state index contributed by atoms with van der Waals surface area (Å²) in [6.07, 6.45) is 1.64. The summed E-state index contributed by atoms with van der Waals surface area (Å²) in [6.45, 7) is 8.13. The normalized spacial score (nSPS) is 11.4. The number of aromatic nitrogens is 1. The Hall–Kier alpha value is -1.96. The Labute approximate surface area is 114 Å². The Kier molecular flexibility index (Phi) is 3.52. The van der Waals surface area contributed by atoms with E-state index in [0.717, 1.165) is 11.3 Å². The second-order valence-corrected chi connectivity index (χ2v) is 5.82. The number of nitrogens with zero attached hydrogens (tertiary/aromatic N) is 1. The summed E-state index contributed by atoms with van der Waals surface area (Å²) >= 11 is 0. The second-order valence-electron chi connectivity index (χ2n) is 5.82. The molecule has 0 spiro atoms. The SMILES string of the molecule is CC(=O)c1ccc(-c2cccc(C(C)(C)C)c2)nc1. The zero-order chi connectivity index (χ0) is 14.0. The van der Waals surface area contributed by atoms with Crippen molar-refractivity contribution in [2.45, 2.75) is 33.1 Å². The molecular weight excluding hydrogens is 234 g/mol. The van der Waals surface area contributed by atoms with Gasteiger partial charge >= 0.3 is 0 Å². The molecule has 19 heavy (non-hydrogen) atoms. The summed E-state index contributed by atoms with van der Waals surface area (Å²) in [5, 5.41) is 0. The number of ketones is 1. The van der Waals surface area contributed by atoms with Crippen LogP contribution in [0.2, 0.25) is 0 Å². The molecule has 2 nitrogen and oxygen atoms in total. The number of carbonyl (C=O) groups excluding carboxylic acids is 1. The van der Waals surface area contributed by atoms with Crippen molar-refractivity contribution in [3.63, 3.8) is 0 Å². The molecule has 98 valence electrons. The number of rotatable bonds is 2. The van der Waals surface area contributed by atoms with Crippen LogP contribution >= 0.6 is 0 Å². The molecule has 2 heteroatoms. The predicted octanol–water partition coefficient (Wildman–Crippen LogP) is 4.25. The third kappa shape index (κ3) is 3.08. The van der Waals surface area contributed by atoms with E-state index in [-0.39, 0.29) is 11.2 Å². The van der Waals surface area contributed by atoms with Crippen molar-refractivity contribution in [1.82, 2.24) is 4.98 Å². The van der Waals surface area contributed by atoms with Crippen molar-refractivity contribution in [1.29, 1.82) is 0 Å². The monoisotopic (exact) mass is 253 g/mol. The van der Waals surface area contributed by atoms with Gasteiger partial charge < -0.3 is 0 Å². The van der Waals surface area contributed by atoms with Gasteiger partial charge in [-0.2, -0.15) is 0 Å². The number of benzene rings is 1. The molecule has 0 aliphatic heterocycles. The standard InChI is InChI=1S/C17H19NO/c1-12(19)14-8-9-16(18-11-14)13-6-5-7-15(10-13)17(2,3)4/h5-11H,1-4H3. The zero-order valence-electron chi connectivity index (χ0n) is 11.9. The fraction of sp³-hybridized carbons (Fsp3) is 0.294. The molecule has 1 heterocycles. The molecule has 0 amide bonds. The molecule has 0 atom stereocenters. The molecule has 0 bridgehead atoms. The molecule has 0 unspecified atom stereocenters. The average molecular weight is 253 g/mol. The quantitative estimate of drug-likeness (QED) is 0.749. The van der Waals surface area contributed by atoms with E-state index in [4.69, 9.17) is 0 Å². The van der Waals surface area contributed by atoms with Crippen LogP contribution in [-0.2, 0) is 5.41 Å². The lowest BCUT2D eigenvalue weighted by atomic mass is 9.86. The van der Waals surface area contributed by atoms with Gasteiger partial charge in [0.15, 0.2) is 5.78 Å². The van der Waals surface area contributed by atoms with Gasteiger partial charge in [0.25, 0.3) is 0 Å². The maximum absolute atomic E-state index is 11.2. The second kappa shape index (κ2) is 4.96. The molecule has 0 N–H and O–H groups in total. The van der Waals surface area contributed by atoms with Crippen LogP contribution < -0.4 is 0 Å². The molecule has 0 fully saturated rings. The topological polar surface area (TPSA) is 30.0 Å². The average Bonchev–Trinajstić information content (AvgIpc) is 2.38. The smallest absolute Gasteiger partial charge is 0.161 e. The molecule has 1 aromatic heterocycles. The Bertz CT molecular complexity index is 591. The molecular formula is C17H19NO. The number of pyridine rings is 1. The van der Waals surface area contributed by atoms with Gasteiger partial charge in [0, 0.05) is 17.3 Å². The Morgan fingerprint density at radius 1 is 1.11 bits per heavy atom. The molecule has 0 saturated carbocycles. The van der Waals surface area contributed by atoms with Crippen molar-refractivity contribution in [3.8, 4) is 11.3 Å². The van der Waals surface area contributed by atoms with Gasteiger partial charge in [-0.25, -0.2) is 0 Å². The minimum absolute atomic E-state index is 0.0440. The lowest BCUT2D eigenvalue weighted by Crippen LogP contribution is -2.10. The van der Waals surface area contributed by atoms with E-state index >= 15 is 0 Å². The largest absolute Gasteiger partial charge is 0.294 e. The van der Waals surface area contributed by atoms with Crippen LogP contribution in [0.5, 0.6) is 0 Å². The van der Waals surface area contributed by atoms with Crippen LogP contribution in [0, 0.1) is 0 Å². The number of hydrogen-bond acceptors (Lipinski definition) is 2. The third-order valence-corrected chi connectivity index (χ3v) is 3.19. The van der Waals surface area contributed by atoms with Gasteiger partial charge in [-0.15, -0.1) is 0 Å². The summed E-state index contributed by atoms with van der Waals surface area (Å²) in [4.78, 5) is 15.6. The number of Topliss-reactive ketones (excluding diaryl/α,β-unsaturated/α-hetero) is 1. The minimum Gasteiger partial charge on any atom is -0.294 e. The summed E-state index contributed by atoms with van der Waals surface area (Å²) < 4.78 is 0. The maximum atomic E-state index is 11.2. The van der Waals surface area contributed by atoms with Gasteiger partial charge in [-0.05, 0) is 36.1 Å². The lowest BCUT2D eigenvalue weighted by Gasteiger charge is -2.19.